The second-order valence-corrected chi connectivity index (χ2v) is 7.81. The van der Waals surface area contributed by atoms with Crippen molar-refractivity contribution in [3.63, 3.8) is 0 Å². The Balaban J connectivity index is 0.000000287. The van der Waals surface area contributed by atoms with Crippen LogP contribution < -0.4 is 0 Å². The van der Waals surface area contributed by atoms with E-state index in [1.54, 1.807) is 0 Å². The molecule has 0 aliphatic rings. The summed E-state index contributed by atoms with van der Waals surface area (Å²) in [7, 11) is 0. The Kier molecular flexibility index (Phi) is 15.0. The van der Waals surface area contributed by atoms with Gasteiger partial charge in [-0.2, -0.15) is 0 Å². The van der Waals surface area contributed by atoms with Crippen molar-refractivity contribution in [2.75, 3.05) is 0 Å². The van der Waals surface area contributed by atoms with Crippen molar-refractivity contribution in [1.82, 2.24) is 9.97 Å². The van der Waals surface area contributed by atoms with E-state index in [2.05, 4.69) is 70.6 Å². The van der Waals surface area contributed by atoms with Gasteiger partial charge in [0.15, 0.2) is 0 Å². The van der Waals surface area contributed by atoms with Gasteiger partial charge in [-0.1, -0.05) is 36.4 Å². The van der Waals surface area contributed by atoms with Crippen molar-refractivity contribution >= 4 is 43.4 Å². The molecule has 8 heteroatoms. The SMILES string of the molecule is CC(O)O.CC(O)O.[Pd].[Pd].[c-]1cccc2ccc3cccnc3c12.[c-]1cccc2ccc3cccnc3c12. The third-order valence-corrected chi connectivity index (χ3v) is 4.81. The molecule has 6 aromatic rings. The average Bonchev–Trinajstić information content (AvgIpc) is 2.88. The van der Waals surface area contributed by atoms with E-state index in [1.165, 1.54) is 35.4 Å². The molecule has 0 fully saturated rings. The second kappa shape index (κ2) is 17.1. The van der Waals surface area contributed by atoms with Gasteiger partial charge in [0.25, 0.3) is 0 Å². The van der Waals surface area contributed by atoms with Crippen LogP contribution in [0.25, 0.3) is 43.4 Å². The molecular weight excluding hydrogens is 665 g/mol. The van der Waals surface area contributed by atoms with Crippen LogP contribution in [0.5, 0.6) is 0 Å². The summed E-state index contributed by atoms with van der Waals surface area (Å²) < 4.78 is 0. The number of aliphatic hydroxyl groups is 4. The van der Waals surface area contributed by atoms with E-state index in [0.29, 0.717) is 0 Å². The van der Waals surface area contributed by atoms with E-state index < -0.39 is 12.6 Å². The first kappa shape index (κ1) is 33.4. The summed E-state index contributed by atoms with van der Waals surface area (Å²) in [5.74, 6) is 0. The number of hydrogen-bond donors (Lipinski definition) is 4. The van der Waals surface area contributed by atoms with Gasteiger partial charge in [-0.05, 0) is 47.8 Å². The summed E-state index contributed by atoms with van der Waals surface area (Å²) in [6.45, 7) is 2.56. The van der Waals surface area contributed by atoms with Gasteiger partial charge in [-0.3, -0.25) is 0 Å². The summed E-state index contributed by atoms with van der Waals surface area (Å²) in [6, 6.07) is 34.9. The maximum absolute atomic E-state index is 7.61. The normalized spacial score (nSPS) is 9.89. The standard InChI is InChI=1S/2C13H8N.2C2H6O2.2Pd/c2*1-2-6-12-10(4-1)7-8-11-5-3-9-14-13(11)12;2*1-2(3)4;;/h2*1-5,7-9H;2*2-4H,1H3;;/q2*-1;;;;. The minimum absolute atomic E-state index is 0. The van der Waals surface area contributed by atoms with Crippen LogP contribution in [0.1, 0.15) is 13.8 Å². The van der Waals surface area contributed by atoms with Crippen molar-refractivity contribution in [2.45, 2.75) is 26.4 Å². The van der Waals surface area contributed by atoms with Gasteiger partial charge in [0.1, 0.15) is 12.6 Å². The van der Waals surface area contributed by atoms with Crippen LogP contribution in [0.15, 0.2) is 97.3 Å². The summed E-state index contributed by atoms with van der Waals surface area (Å²) >= 11 is 0. The maximum Gasteiger partial charge on any atom is 0.148 e. The zero-order valence-corrected chi connectivity index (χ0v) is 23.8. The Labute approximate surface area is 249 Å². The van der Waals surface area contributed by atoms with E-state index in [1.807, 2.05) is 48.8 Å². The fraction of sp³-hybridized carbons (Fsp3) is 0.133. The van der Waals surface area contributed by atoms with E-state index >= 15 is 0 Å². The number of aromatic nitrogens is 2. The van der Waals surface area contributed by atoms with Gasteiger partial charge in [0, 0.05) is 53.2 Å². The monoisotopic (exact) mass is 692 g/mol. The van der Waals surface area contributed by atoms with Crippen LogP contribution in [0.4, 0.5) is 0 Å². The predicted molar refractivity (Wildman–Crippen MR) is 144 cm³/mol. The second-order valence-electron chi connectivity index (χ2n) is 7.81. The summed E-state index contributed by atoms with van der Waals surface area (Å²) in [5.41, 5.74) is 2.07. The number of hydrogen-bond acceptors (Lipinski definition) is 6. The van der Waals surface area contributed by atoms with Crippen molar-refractivity contribution < 1.29 is 61.3 Å². The third-order valence-electron chi connectivity index (χ3n) is 4.81. The molecule has 6 rings (SSSR count). The Morgan fingerprint density at radius 2 is 0.842 bits per heavy atom. The molecule has 4 aromatic carbocycles. The molecule has 38 heavy (non-hydrogen) atoms. The van der Waals surface area contributed by atoms with Crippen LogP contribution in [0.2, 0.25) is 0 Å². The van der Waals surface area contributed by atoms with Crippen molar-refractivity contribution in [3.05, 3.63) is 109 Å². The van der Waals surface area contributed by atoms with E-state index in [9.17, 15) is 0 Å². The smallest absolute Gasteiger partial charge is 0.148 e. The topological polar surface area (TPSA) is 107 Å². The molecule has 4 N–H and O–H groups in total. The van der Waals surface area contributed by atoms with Crippen molar-refractivity contribution in [1.29, 1.82) is 0 Å². The summed E-state index contributed by atoms with van der Waals surface area (Å²) in [4.78, 5) is 8.76. The quantitative estimate of drug-likeness (QED) is 0.0773. The number of pyridine rings is 2. The van der Waals surface area contributed by atoms with Crippen LogP contribution in [0.3, 0.4) is 0 Å². The summed E-state index contributed by atoms with van der Waals surface area (Å²) in [6.07, 6.45) is 1.31. The first-order valence-electron chi connectivity index (χ1n) is 11.4. The van der Waals surface area contributed by atoms with Gasteiger partial charge < -0.3 is 30.4 Å². The Morgan fingerprint density at radius 3 is 1.21 bits per heavy atom. The third kappa shape index (κ3) is 9.93. The van der Waals surface area contributed by atoms with Crippen molar-refractivity contribution in [2.24, 2.45) is 0 Å². The molecule has 6 nitrogen and oxygen atoms in total. The first-order chi connectivity index (χ1) is 17.4. The number of aliphatic hydroxyl groups excluding tert-OH is 2. The molecule has 0 saturated heterocycles. The molecule has 0 aliphatic heterocycles. The number of nitrogens with zero attached hydrogens (tertiary/aromatic N) is 2. The van der Waals surface area contributed by atoms with Gasteiger partial charge in [-0.25, -0.2) is 0 Å². The number of rotatable bonds is 0. The molecule has 0 spiro atoms. The molecule has 0 aliphatic carbocycles. The summed E-state index contributed by atoms with van der Waals surface area (Å²) in [5, 5.41) is 37.4. The Morgan fingerprint density at radius 1 is 0.526 bits per heavy atom. The predicted octanol–water partition coefficient (Wildman–Crippen LogP) is 5.01. The number of benzene rings is 4. The fourth-order valence-corrected chi connectivity index (χ4v) is 3.47. The van der Waals surface area contributed by atoms with Crippen LogP contribution >= 0.6 is 0 Å². The minimum atomic E-state index is -1.17. The van der Waals surface area contributed by atoms with E-state index in [-0.39, 0.29) is 40.8 Å². The zero-order chi connectivity index (χ0) is 25.9. The molecule has 2 aromatic heterocycles. The number of fused-ring (bicyclic) bond motifs is 6. The molecule has 0 radical (unpaired) electrons. The van der Waals surface area contributed by atoms with E-state index in [4.69, 9.17) is 20.4 Å². The molecule has 0 unspecified atom stereocenters. The van der Waals surface area contributed by atoms with Gasteiger partial charge in [0.2, 0.25) is 0 Å². The fourth-order valence-electron chi connectivity index (χ4n) is 3.47. The molecule has 0 atom stereocenters. The molecule has 2 heterocycles. The molecule has 204 valence electrons. The maximum atomic E-state index is 7.61. The van der Waals surface area contributed by atoms with Crippen LogP contribution in [0, 0.1) is 12.1 Å². The molecule has 0 saturated carbocycles. The Hall–Kier alpha value is -2.62. The first-order valence-corrected chi connectivity index (χ1v) is 11.4. The Bertz CT molecular complexity index is 1310. The zero-order valence-electron chi connectivity index (χ0n) is 20.7. The molecular formula is C30H28N2O4Pd2-2. The van der Waals surface area contributed by atoms with Gasteiger partial charge in [-0.15, -0.1) is 70.1 Å². The minimum Gasteiger partial charge on any atom is -0.368 e. The van der Waals surface area contributed by atoms with Gasteiger partial charge in [0.05, 0.1) is 0 Å². The average molecular weight is 693 g/mol. The largest absolute Gasteiger partial charge is 0.368 e. The molecule has 0 bridgehead atoms. The van der Waals surface area contributed by atoms with Gasteiger partial charge >= 0.3 is 0 Å². The van der Waals surface area contributed by atoms with Crippen LogP contribution in [-0.2, 0) is 40.8 Å². The van der Waals surface area contributed by atoms with E-state index in [0.717, 1.165) is 21.8 Å². The van der Waals surface area contributed by atoms with Crippen molar-refractivity contribution in [3.8, 4) is 0 Å². The molecule has 0 amide bonds. The van der Waals surface area contributed by atoms with Crippen LogP contribution in [-0.4, -0.2) is 43.0 Å².